The van der Waals surface area contributed by atoms with Gasteiger partial charge in [-0.3, -0.25) is 4.68 Å². The molecule has 2 heterocycles. The smallest absolute Gasteiger partial charge is 0.0943 e. The van der Waals surface area contributed by atoms with Crippen LogP contribution in [-0.4, -0.2) is 27.9 Å². The molecule has 0 aliphatic carbocycles. The highest BCUT2D eigenvalue weighted by Gasteiger charge is 2.13. The van der Waals surface area contributed by atoms with E-state index in [2.05, 4.69) is 33.8 Å². The molecule has 2 aromatic heterocycles. The van der Waals surface area contributed by atoms with Crippen molar-refractivity contribution in [2.24, 2.45) is 7.05 Å². The summed E-state index contributed by atoms with van der Waals surface area (Å²) in [5.74, 6) is 0. The number of hydrogen-bond donors (Lipinski definition) is 1. The van der Waals surface area contributed by atoms with E-state index in [0.717, 1.165) is 30.7 Å². The largest absolute Gasteiger partial charge is 0.316 e. The average molecular weight is 278 g/mol. The van der Waals surface area contributed by atoms with E-state index in [9.17, 15) is 0 Å². The minimum atomic E-state index is 0.408. The first-order chi connectivity index (χ1) is 9.12. The minimum absolute atomic E-state index is 0.408. The molecule has 19 heavy (non-hydrogen) atoms. The van der Waals surface area contributed by atoms with Crippen LogP contribution in [0.3, 0.4) is 0 Å². The van der Waals surface area contributed by atoms with E-state index in [4.69, 9.17) is 0 Å². The summed E-state index contributed by atoms with van der Waals surface area (Å²) >= 11 is 1.74. The summed E-state index contributed by atoms with van der Waals surface area (Å²) < 4.78 is 2.00. The Labute approximate surface area is 118 Å². The number of aryl methyl sites for hydroxylation is 3. The summed E-state index contributed by atoms with van der Waals surface area (Å²) in [5.41, 5.74) is 3.56. The maximum atomic E-state index is 4.54. The lowest BCUT2D eigenvalue weighted by Crippen LogP contribution is -2.30. The molecular weight excluding hydrogens is 256 g/mol. The van der Waals surface area contributed by atoms with Crippen LogP contribution in [0.5, 0.6) is 0 Å². The summed E-state index contributed by atoms with van der Waals surface area (Å²) in [6.07, 6.45) is 2.95. The normalized spacial score (nSPS) is 12.8. The van der Waals surface area contributed by atoms with Gasteiger partial charge in [0.1, 0.15) is 0 Å². The van der Waals surface area contributed by atoms with Gasteiger partial charge in [0.05, 0.1) is 10.7 Å². The predicted molar refractivity (Wildman–Crippen MR) is 79.7 cm³/mol. The van der Waals surface area contributed by atoms with Crippen molar-refractivity contribution in [1.29, 1.82) is 0 Å². The molecule has 0 bridgehead atoms. The van der Waals surface area contributed by atoms with Crippen molar-refractivity contribution in [3.63, 3.8) is 0 Å². The van der Waals surface area contributed by atoms with Gasteiger partial charge in [0.15, 0.2) is 0 Å². The highest BCUT2D eigenvalue weighted by atomic mass is 32.1. The fourth-order valence-electron chi connectivity index (χ4n) is 2.17. The Balaban J connectivity index is 2.03. The lowest BCUT2D eigenvalue weighted by Gasteiger charge is -2.14. The van der Waals surface area contributed by atoms with Gasteiger partial charge in [-0.2, -0.15) is 5.10 Å². The Bertz CT molecular complexity index is 529. The Morgan fingerprint density at radius 1 is 1.42 bits per heavy atom. The number of hydrogen-bond acceptors (Lipinski definition) is 4. The molecule has 0 spiro atoms. The lowest BCUT2D eigenvalue weighted by atomic mass is 10.1. The van der Waals surface area contributed by atoms with Crippen molar-refractivity contribution in [3.8, 4) is 0 Å². The van der Waals surface area contributed by atoms with E-state index in [1.165, 1.54) is 10.7 Å². The van der Waals surface area contributed by atoms with Crippen LogP contribution in [0.2, 0.25) is 0 Å². The van der Waals surface area contributed by atoms with Gasteiger partial charge >= 0.3 is 0 Å². The van der Waals surface area contributed by atoms with Crippen LogP contribution in [0.15, 0.2) is 11.4 Å². The zero-order valence-electron chi connectivity index (χ0n) is 12.1. The van der Waals surface area contributed by atoms with Gasteiger partial charge in [-0.05, 0) is 26.5 Å². The molecule has 0 aromatic carbocycles. The van der Waals surface area contributed by atoms with Crippen LogP contribution in [0.1, 0.15) is 29.0 Å². The summed E-state index contributed by atoms with van der Waals surface area (Å²) in [6.45, 7) is 4.18. The van der Waals surface area contributed by atoms with Crippen LogP contribution in [-0.2, 0) is 26.3 Å². The topological polar surface area (TPSA) is 42.7 Å². The third-order valence-electron chi connectivity index (χ3n) is 3.34. The van der Waals surface area contributed by atoms with Crippen molar-refractivity contribution in [3.05, 3.63) is 33.5 Å². The predicted octanol–water partition coefficient (Wildman–Crippen LogP) is 2.12. The monoisotopic (exact) mass is 278 g/mol. The Morgan fingerprint density at radius 3 is 2.74 bits per heavy atom. The number of nitrogens with one attached hydrogen (secondary N) is 1. The standard InChI is InChI=1S/C14H22N4S/c1-5-11-6-13(18(4)17-11)7-12(15-3)8-14-16-10(2)9-19-14/h6,9,12,15H,5,7-8H2,1-4H3. The zero-order valence-corrected chi connectivity index (χ0v) is 12.9. The van der Waals surface area contributed by atoms with E-state index in [-0.39, 0.29) is 0 Å². The molecule has 2 aromatic rings. The van der Waals surface area contributed by atoms with Crippen molar-refractivity contribution < 1.29 is 0 Å². The van der Waals surface area contributed by atoms with Gasteiger partial charge < -0.3 is 5.32 Å². The Kier molecular flexibility index (Phi) is 4.71. The van der Waals surface area contributed by atoms with Crippen LogP contribution in [0.4, 0.5) is 0 Å². The third kappa shape index (κ3) is 3.64. The molecule has 4 nitrogen and oxygen atoms in total. The molecule has 1 atom stereocenters. The SMILES string of the molecule is CCc1cc(CC(Cc2nc(C)cs2)NC)n(C)n1. The number of rotatable bonds is 6. The van der Waals surface area contributed by atoms with E-state index in [1.54, 1.807) is 11.3 Å². The Morgan fingerprint density at radius 2 is 2.21 bits per heavy atom. The van der Waals surface area contributed by atoms with Crippen molar-refractivity contribution in [2.75, 3.05) is 7.05 Å². The minimum Gasteiger partial charge on any atom is -0.316 e. The molecule has 5 heteroatoms. The molecule has 0 fully saturated rings. The van der Waals surface area contributed by atoms with Gasteiger partial charge in [-0.25, -0.2) is 4.98 Å². The maximum Gasteiger partial charge on any atom is 0.0943 e. The molecule has 2 rings (SSSR count). The first-order valence-electron chi connectivity index (χ1n) is 6.72. The molecular formula is C14H22N4S. The van der Waals surface area contributed by atoms with Crippen molar-refractivity contribution in [1.82, 2.24) is 20.1 Å². The number of aromatic nitrogens is 3. The molecule has 0 radical (unpaired) electrons. The van der Waals surface area contributed by atoms with Crippen LogP contribution in [0.25, 0.3) is 0 Å². The second-order valence-electron chi connectivity index (χ2n) is 4.88. The molecule has 0 aliphatic rings. The Hall–Kier alpha value is -1.20. The lowest BCUT2D eigenvalue weighted by molar-refractivity contribution is 0.532. The van der Waals surface area contributed by atoms with Gasteiger partial charge in [0.25, 0.3) is 0 Å². The van der Waals surface area contributed by atoms with Crippen LogP contribution < -0.4 is 5.32 Å². The molecule has 1 N–H and O–H groups in total. The summed E-state index contributed by atoms with van der Waals surface area (Å²) in [7, 11) is 4.04. The fraction of sp³-hybridized carbons (Fsp3) is 0.571. The number of thiazole rings is 1. The van der Waals surface area contributed by atoms with E-state index in [1.807, 2.05) is 25.7 Å². The second kappa shape index (κ2) is 6.30. The highest BCUT2D eigenvalue weighted by molar-refractivity contribution is 7.09. The molecule has 104 valence electrons. The molecule has 1 unspecified atom stereocenters. The fourth-order valence-corrected chi connectivity index (χ4v) is 3.02. The van der Waals surface area contributed by atoms with Crippen molar-refractivity contribution in [2.45, 2.75) is 39.2 Å². The molecule has 0 saturated carbocycles. The van der Waals surface area contributed by atoms with Gasteiger partial charge in [0, 0.05) is 42.7 Å². The summed E-state index contributed by atoms with van der Waals surface area (Å²) in [5, 5.41) is 11.2. The number of likely N-dealkylation sites (N-methyl/N-ethyl adjacent to an activating group) is 1. The maximum absolute atomic E-state index is 4.54. The van der Waals surface area contributed by atoms with Crippen LogP contribution in [0, 0.1) is 6.92 Å². The van der Waals surface area contributed by atoms with E-state index < -0.39 is 0 Å². The molecule has 0 saturated heterocycles. The highest BCUT2D eigenvalue weighted by Crippen LogP contribution is 2.14. The van der Waals surface area contributed by atoms with Crippen LogP contribution >= 0.6 is 11.3 Å². The zero-order chi connectivity index (χ0) is 13.8. The van der Waals surface area contributed by atoms with E-state index >= 15 is 0 Å². The molecule has 0 aliphatic heterocycles. The van der Waals surface area contributed by atoms with Gasteiger partial charge in [-0.15, -0.1) is 11.3 Å². The second-order valence-corrected chi connectivity index (χ2v) is 5.82. The molecule has 0 amide bonds. The summed E-state index contributed by atoms with van der Waals surface area (Å²) in [6, 6.07) is 2.61. The first kappa shape index (κ1) is 14.2. The van der Waals surface area contributed by atoms with Gasteiger partial charge in [0.2, 0.25) is 0 Å². The van der Waals surface area contributed by atoms with Crippen molar-refractivity contribution >= 4 is 11.3 Å². The van der Waals surface area contributed by atoms with Gasteiger partial charge in [-0.1, -0.05) is 6.92 Å². The quantitative estimate of drug-likeness (QED) is 0.880. The summed E-state index contributed by atoms with van der Waals surface area (Å²) in [4.78, 5) is 4.54. The third-order valence-corrected chi connectivity index (χ3v) is 4.33. The number of nitrogens with zero attached hydrogens (tertiary/aromatic N) is 3. The first-order valence-corrected chi connectivity index (χ1v) is 7.60. The average Bonchev–Trinajstić information content (AvgIpc) is 2.95. The van der Waals surface area contributed by atoms with E-state index in [0.29, 0.717) is 6.04 Å².